The number of thioether (sulfide) groups is 1. The third kappa shape index (κ3) is 1.99. The van der Waals surface area contributed by atoms with Gasteiger partial charge in [0.05, 0.1) is 12.3 Å². The van der Waals surface area contributed by atoms with Crippen LogP contribution in [0.2, 0.25) is 0 Å². The molecule has 0 fully saturated rings. The van der Waals surface area contributed by atoms with Crippen LogP contribution in [0, 0.1) is 6.92 Å². The van der Waals surface area contributed by atoms with E-state index in [0.29, 0.717) is 0 Å². The molecule has 0 aromatic carbocycles. The highest BCUT2D eigenvalue weighted by Crippen LogP contribution is 2.22. The van der Waals surface area contributed by atoms with Gasteiger partial charge in [-0.2, -0.15) is 0 Å². The maximum atomic E-state index is 8.94. The van der Waals surface area contributed by atoms with E-state index >= 15 is 0 Å². The zero-order chi connectivity index (χ0) is 8.97. The molecule has 0 bridgehead atoms. The van der Waals surface area contributed by atoms with Crippen molar-refractivity contribution in [2.75, 3.05) is 5.75 Å². The van der Waals surface area contributed by atoms with Crippen LogP contribution in [0.25, 0.3) is 0 Å². The lowest BCUT2D eigenvalue weighted by atomic mass is 10.2. The van der Waals surface area contributed by atoms with Gasteiger partial charge < -0.3 is 5.11 Å². The number of aromatic nitrogens is 1. The van der Waals surface area contributed by atoms with Crippen LogP contribution in [-0.2, 0) is 6.61 Å². The lowest BCUT2D eigenvalue weighted by molar-refractivity contribution is 0.275. The first-order chi connectivity index (χ1) is 5.79. The summed E-state index contributed by atoms with van der Waals surface area (Å²) in [6, 6.07) is 1.99. The molecular weight excluding hydrogens is 170 g/mol. The minimum absolute atomic E-state index is 0.0317. The van der Waals surface area contributed by atoms with E-state index in [1.807, 2.05) is 13.0 Å². The Morgan fingerprint density at radius 1 is 1.58 bits per heavy atom. The Balaban J connectivity index is 2.97. The van der Waals surface area contributed by atoms with Crippen LogP contribution in [0.1, 0.15) is 18.2 Å². The summed E-state index contributed by atoms with van der Waals surface area (Å²) in [6.45, 7) is 4.14. The highest BCUT2D eigenvalue weighted by Gasteiger charge is 2.02. The van der Waals surface area contributed by atoms with Crippen LogP contribution < -0.4 is 0 Å². The van der Waals surface area contributed by atoms with Gasteiger partial charge in [-0.3, -0.25) is 4.98 Å². The first-order valence-corrected chi connectivity index (χ1v) is 4.96. The molecule has 0 aliphatic heterocycles. The quantitative estimate of drug-likeness (QED) is 0.727. The number of aliphatic hydroxyl groups is 1. The second-order valence-corrected chi connectivity index (χ2v) is 3.78. The van der Waals surface area contributed by atoms with Crippen LogP contribution in [0.15, 0.2) is 17.2 Å². The van der Waals surface area contributed by atoms with E-state index < -0.39 is 0 Å². The summed E-state index contributed by atoms with van der Waals surface area (Å²) in [4.78, 5) is 5.30. The molecule has 1 rings (SSSR count). The number of nitrogens with zero attached hydrogens (tertiary/aromatic N) is 1. The predicted molar refractivity (Wildman–Crippen MR) is 51.3 cm³/mol. The normalized spacial score (nSPS) is 10.2. The standard InChI is InChI=1S/C9H13NOS/c1-3-12-9-4-5-10-8(6-11)7(9)2/h4-5,11H,3,6H2,1-2H3. The van der Waals surface area contributed by atoms with E-state index in [1.165, 1.54) is 4.90 Å². The Hall–Kier alpha value is -0.540. The van der Waals surface area contributed by atoms with Crippen molar-refractivity contribution in [3.05, 3.63) is 23.5 Å². The van der Waals surface area contributed by atoms with Gasteiger partial charge in [-0.1, -0.05) is 6.92 Å². The predicted octanol–water partition coefficient (Wildman–Crippen LogP) is 1.99. The maximum Gasteiger partial charge on any atom is 0.0856 e. The van der Waals surface area contributed by atoms with Gasteiger partial charge in [0.15, 0.2) is 0 Å². The highest BCUT2D eigenvalue weighted by atomic mass is 32.2. The SMILES string of the molecule is CCSc1ccnc(CO)c1C. The molecule has 3 heteroatoms. The van der Waals surface area contributed by atoms with Crippen LogP contribution >= 0.6 is 11.8 Å². The first kappa shape index (κ1) is 9.55. The molecule has 0 radical (unpaired) electrons. The fourth-order valence-corrected chi connectivity index (χ4v) is 1.83. The molecule has 0 unspecified atom stereocenters. The monoisotopic (exact) mass is 183 g/mol. The van der Waals surface area contributed by atoms with Crippen molar-refractivity contribution in [3.8, 4) is 0 Å². The summed E-state index contributed by atoms with van der Waals surface area (Å²) < 4.78 is 0. The second kappa shape index (κ2) is 4.48. The molecule has 0 spiro atoms. The number of pyridine rings is 1. The summed E-state index contributed by atoms with van der Waals surface area (Å²) in [5.74, 6) is 1.05. The van der Waals surface area contributed by atoms with E-state index in [9.17, 15) is 0 Å². The van der Waals surface area contributed by atoms with Gasteiger partial charge in [0.25, 0.3) is 0 Å². The molecule has 2 nitrogen and oxygen atoms in total. The van der Waals surface area contributed by atoms with Crippen LogP contribution in [0.4, 0.5) is 0 Å². The number of rotatable bonds is 3. The summed E-state index contributed by atoms with van der Waals surface area (Å²) in [6.07, 6.45) is 1.75. The largest absolute Gasteiger partial charge is 0.390 e. The lowest BCUT2D eigenvalue weighted by Gasteiger charge is -2.06. The minimum Gasteiger partial charge on any atom is -0.390 e. The molecular formula is C9H13NOS. The van der Waals surface area contributed by atoms with Crippen molar-refractivity contribution in [2.24, 2.45) is 0 Å². The molecule has 12 heavy (non-hydrogen) atoms. The molecule has 1 aromatic heterocycles. The van der Waals surface area contributed by atoms with Gasteiger partial charge in [0.1, 0.15) is 0 Å². The van der Waals surface area contributed by atoms with Crippen molar-refractivity contribution < 1.29 is 5.11 Å². The van der Waals surface area contributed by atoms with Gasteiger partial charge in [-0.15, -0.1) is 11.8 Å². The maximum absolute atomic E-state index is 8.94. The molecule has 0 saturated carbocycles. The van der Waals surface area contributed by atoms with E-state index in [4.69, 9.17) is 5.11 Å². The minimum atomic E-state index is 0.0317. The van der Waals surface area contributed by atoms with Crippen molar-refractivity contribution >= 4 is 11.8 Å². The van der Waals surface area contributed by atoms with Crippen LogP contribution in [0.5, 0.6) is 0 Å². The van der Waals surface area contributed by atoms with E-state index in [-0.39, 0.29) is 6.61 Å². The van der Waals surface area contributed by atoms with Gasteiger partial charge in [0, 0.05) is 11.1 Å². The van der Waals surface area contributed by atoms with Gasteiger partial charge in [-0.05, 0) is 24.3 Å². The number of hydrogen-bond donors (Lipinski definition) is 1. The fourth-order valence-electron chi connectivity index (χ4n) is 1.03. The molecule has 1 aromatic rings. The smallest absolute Gasteiger partial charge is 0.0856 e. The Labute approximate surface area is 77.0 Å². The molecule has 0 amide bonds. The Kier molecular flexibility index (Phi) is 3.56. The molecule has 0 aliphatic carbocycles. The average molecular weight is 183 g/mol. The molecule has 1 heterocycles. The molecule has 0 aliphatic rings. The average Bonchev–Trinajstić information content (AvgIpc) is 2.09. The highest BCUT2D eigenvalue weighted by molar-refractivity contribution is 7.99. The third-order valence-corrected chi connectivity index (χ3v) is 2.75. The van der Waals surface area contributed by atoms with Crippen molar-refractivity contribution in [2.45, 2.75) is 25.3 Å². The van der Waals surface area contributed by atoms with E-state index in [2.05, 4.69) is 11.9 Å². The summed E-state index contributed by atoms with van der Waals surface area (Å²) in [7, 11) is 0. The molecule has 66 valence electrons. The Morgan fingerprint density at radius 2 is 2.33 bits per heavy atom. The summed E-state index contributed by atoms with van der Waals surface area (Å²) in [5.41, 5.74) is 1.89. The van der Waals surface area contributed by atoms with Crippen molar-refractivity contribution in [1.29, 1.82) is 0 Å². The topological polar surface area (TPSA) is 33.1 Å². The van der Waals surface area contributed by atoms with Crippen LogP contribution in [0.3, 0.4) is 0 Å². The van der Waals surface area contributed by atoms with Gasteiger partial charge in [0.2, 0.25) is 0 Å². The molecule has 0 saturated heterocycles. The lowest BCUT2D eigenvalue weighted by Crippen LogP contribution is -1.94. The molecule has 0 atom stereocenters. The number of aliphatic hydroxyl groups excluding tert-OH is 1. The van der Waals surface area contributed by atoms with Crippen molar-refractivity contribution in [3.63, 3.8) is 0 Å². The second-order valence-electron chi connectivity index (χ2n) is 2.47. The third-order valence-electron chi connectivity index (χ3n) is 1.71. The zero-order valence-corrected chi connectivity index (χ0v) is 8.19. The van der Waals surface area contributed by atoms with E-state index in [1.54, 1.807) is 18.0 Å². The van der Waals surface area contributed by atoms with Gasteiger partial charge >= 0.3 is 0 Å². The molecule has 1 N–H and O–H groups in total. The summed E-state index contributed by atoms with van der Waals surface area (Å²) in [5, 5.41) is 8.94. The Morgan fingerprint density at radius 3 is 2.92 bits per heavy atom. The Bertz CT molecular complexity index is 263. The zero-order valence-electron chi connectivity index (χ0n) is 7.37. The fraction of sp³-hybridized carbons (Fsp3) is 0.444. The van der Waals surface area contributed by atoms with Gasteiger partial charge in [-0.25, -0.2) is 0 Å². The first-order valence-electron chi connectivity index (χ1n) is 3.97. The van der Waals surface area contributed by atoms with Crippen LogP contribution in [-0.4, -0.2) is 15.8 Å². The summed E-state index contributed by atoms with van der Waals surface area (Å²) >= 11 is 1.78. The number of hydrogen-bond acceptors (Lipinski definition) is 3. The van der Waals surface area contributed by atoms with Crippen molar-refractivity contribution in [1.82, 2.24) is 4.98 Å². The van der Waals surface area contributed by atoms with E-state index in [0.717, 1.165) is 17.0 Å².